The van der Waals surface area contributed by atoms with Crippen LogP contribution in [0.1, 0.15) is 24.8 Å². The highest BCUT2D eigenvalue weighted by molar-refractivity contribution is 7.89. The van der Waals surface area contributed by atoms with E-state index in [2.05, 4.69) is 0 Å². The second kappa shape index (κ2) is 9.08. The van der Waals surface area contributed by atoms with Gasteiger partial charge in [0.1, 0.15) is 11.9 Å². The van der Waals surface area contributed by atoms with Gasteiger partial charge in [-0.05, 0) is 43.5 Å². The number of piperidine rings is 1. The minimum absolute atomic E-state index is 0.0282. The molecular weight excluding hydrogens is 429 g/mol. The van der Waals surface area contributed by atoms with Crippen LogP contribution in [0, 0.1) is 5.92 Å². The van der Waals surface area contributed by atoms with Crippen LogP contribution in [0.3, 0.4) is 0 Å². The molecule has 1 amide bonds. The van der Waals surface area contributed by atoms with E-state index in [1.54, 1.807) is 0 Å². The van der Waals surface area contributed by atoms with E-state index in [4.69, 9.17) is 14.7 Å². The summed E-state index contributed by atoms with van der Waals surface area (Å²) in [6.45, 7) is 0.406. The van der Waals surface area contributed by atoms with Crippen LogP contribution in [0.5, 0.6) is 5.75 Å². The first-order valence-corrected chi connectivity index (χ1v) is 11.0. The van der Waals surface area contributed by atoms with Crippen LogP contribution >= 0.6 is 0 Å². The number of hydrogen-bond acceptors (Lipinski definition) is 6. The number of rotatable bonds is 5. The van der Waals surface area contributed by atoms with Gasteiger partial charge in [0.15, 0.2) is 0 Å². The van der Waals surface area contributed by atoms with Gasteiger partial charge in [-0.2, -0.15) is 13.2 Å². The molecule has 0 bridgehead atoms. The van der Waals surface area contributed by atoms with E-state index < -0.39 is 38.8 Å². The number of alkyl halides is 3. The van der Waals surface area contributed by atoms with Crippen molar-refractivity contribution in [2.75, 3.05) is 26.3 Å². The monoisotopic (exact) mass is 452 g/mol. The van der Waals surface area contributed by atoms with Crippen LogP contribution < -0.4 is 10.2 Å². The number of hydrogen-bond donors (Lipinski definition) is 2. The SMILES string of the molecule is O=C(NO)C1COCC(S(=O)(=O)N2CCC(Oc3ccc(C(F)(F)F)cc3)CC2)C1. The number of nitrogens with zero attached hydrogens (tertiary/aromatic N) is 1. The molecule has 30 heavy (non-hydrogen) atoms. The van der Waals surface area contributed by atoms with Crippen LogP contribution in [0.25, 0.3) is 0 Å². The zero-order valence-electron chi connectivity index (χ0n) is 16.0. The lowest BCUT2D eigenvalue weighted by Crippen LogP contribution is -2.50. The molecule has 3 rings (SSSR count). The van der Waals surface area contributed by atoms with Crippen molar-refractivity contribution in [1.29, 1.82) is 0 Å². The fourth-order valence-electron chi connectivity index (χ4n) is 3.61. The Morgan fingerprint density at radius 2 is 1.80 bits per heavy atom. The Bertz CT molecular complexity index is 838. The Hall–Kier alpha value is -1.89. The highest BCUT2D eigenvalue weighted by atomic mass is 32.2. The van der Waals surface area contributed by atoms with Crippen molar-refractivity contribution in [3.05, 3.63) is 29.8 Å². The summed E-state index contributed by atoms with van der Waals surface area (Å²) in [5.74, 6) is -1.13. The predicted octanol–water partition coefficient (Wildman–Crippen LogP) is 1.79. The highest BCUT2D eigenvalue weighted by Gasteiger charge is 2.40. The maximum absolute atomic E-state index is 12.9. The second-order valence-corrected chi connectivity index (χ2v) is 9.56. The molecule has 2 unspecified atom stereocenters. The predicted molar refractivity (Wildman–Crippen MR) is 98.2 cm³/mol. The van der Waals surface area contributed by atoms with Crippen LogP contribution in [-0.4, -0.2) is 61.5 Å². The Balaban J connectivity index is 1.55. The van der Waals surface area contributed by atoms with Crippen molar-refractivity contribution >= 4 is 15.9 Å². The van der Waals surface area contributed by atoms with E-state index in [0.717, 1.165) is 12.1 Å². The first kappa shape index (κ1) is 22.8. The molecule has 0 radical (unpaired) electrons. The number of carbonyl (C=O) groups is 1. The van der Waals surface area contributed by atoms with Crippen molar-refractivity contribution in [3.63, 3.8) is 0 Å². The zero-order valence-corrected chi connectivity index (χ0v) is 16.8. The third-order valence-electron chi connectivity index (χ3n) is 5.32. The molecule has 0 saturated carbocycles. The van der Waals surface area contributed by atoms with E-state index in [-0.39, 0.29) is 38.8 Å². The largest absolute Gasteiger partial charge is 0.490 e. The summed E-state index contributed by atoms with van der Waals surface area (Å²) in [6, 6.07) is 4.38. The van der Waals surface area contributed by atoms with Gasteiger partial charge in [-0.1, -0.05) is 0 Å². The normalized spacial score (nSPS) is 24.4. The van der Waals surface area contributed by atoms with Gasteiger partial charge in [0.25, 0.3) is 0 Å². The van der Waals surface area contributed by atoms with E-state index in [0.29, 0.717) is 18.6 Å². The average Bonchev–Trinajstić information content (AvgIpc) is 2.73. The Morgan fingerprint density at radius 1 is 1.17 bits per heavy atom. The van der Waals surface area contributed by atoms with Crippen LogP contribution in [0.15, 0.2) is 24.3 Å². The molecule has 0 spiro atoms. The summed E-state index contributed by atoms with van der Waals surface area (Å²) < 4.78 is 76.0. The maximum Gasteiger partial charge on any atom is 0.416 e. The quantitative estimate of drug-likeness (QED) is 0.521. The molecular formula is C18H23F3N2O6S. The fraction of sp³-hybridized carbons (Fsp3) is 0.611. The standard InChI is InChI=1S/C18H23F3N2O6S/c19-18(20,21)13-1-3-14(4-2-13)29-15-5-7-23(8-6-15)30(26,27)16-9-12(10-28-11-16)17(24)22-25/h1-4,12,15-16,25H,5-11H2,(H,22,24). The third kappa shape index (κ3) is 5.23. The summed E-state index contributed by atoms with van der Waals surface area (Å²) in [5.41, 5.74) is 0.755. The van der Waals surface area contributed by atoms with E-state index >= 15 is 0 Å². The first-order chi connectivity index (χ1) is 14.1. The minimum atomic E-state index is -4.42. The van der Waals surface area contributed by atoms with Crippen LogP contribution in [0.4, 0.5) is 13.2 Å². The van der Waals surface area contributed by atoms with Crippen molar-refractivity contribution < 1.29 is 41.1 Å². The number of carbonyl (C=O) groups excluding carboxylic acids is 1. The van der Waals surface area contributed by atoms with Crippen molar-refractivity contribution in [1.82, 2.24) is 9.79 Å². The van der Waals surface area contributed by atoms with Gasteiger partial charge in [-0.15, -0.1) is 0 Å². The lowest BCUT2D eigenvalue weighted by molar-refractivity contribution is -0.138. The van der Waals surface area contributed by atoms with E-state index in [9.17, 15) is 26.4 Å². The molecule has 0 aliphatic carbocycles. The lowest BCUT2D eigenvalue weighted by atomic mass is 10.0. The number of sulfonamides is 1. The highest BCUT2D eigenvalue weighted by Crippen LogP contribution is 2.31. The smallest absolute Gasteiger partial charge is 0.416 e. The first-order valence-electron chi connectivity index (χ1n) is 9.46. The summed E-state index contributed by atoms with van der Waals surface area (Å²) >= 11 is 0. The molecule has 1 aromatic carbocycles. The van der Waals surface area contributed by atoms with Crippen molar-refractivity contribution in [3.8, 4) is 5.75 Å². The zero-order chi connectivity index (χ0) is 21.9. The summed E-state index contributed by atoms with van der Waals surface area (Å²) in [4.78, 5) is 11.6. The number of amides is 1. The Morgan fingerprint density at radius 3 is 2.37 bits per heavy atom. The Labute approximate surface area is 172 Å². The van der Waals surface area contributed by atoms with E-state index in [1.165, 1.54) is 21.9 Å². The molecule has 2 saturated heterocycles. The Kier molecular flexibility index (Phi) is 6.90. The molecule has 0 aromatic heterocycles. The number of hydroxylamine groups is 1. The summed E-state index contributed by atoms with van der Waals surface area (Å²) in [5, 5.41) is 7.86. The number of benzene rings is 1. The van der Waals surface area contributed by atoms with Gasteiger partial charge >= 0.3 is 6.18 Å². The molecule has 2 aliphatic rings. The van der Waals surface area contributed by atoms with Crippen molar-refractivity contribution in [2.45, 2.75) is 36.8 Å². The summed E-state index contributed by atoms with van der Waals surface area (Å²) in [7, 11) is -3.71. The number of nitrogens with one attached hydrogen (secondary N) is 1. The topological polar surface area (TPSA) is 105 Å². The molecule has 2 fully saturated rings. The van der Waals surface area contributed by atoms with Gasteiger partial charge in [0, 0.05) is 13.1 Å². The second-order valence-electron chi connectivity index (χ2n) is 7.35. The molecule has 1 aromatic rings. The minimum Gasteiger partial charge on any atom is -0.490 e. The van der Waals surface area contributed by atoms with Crippen molar-refractivity contribution in [2.24, 2.45) is 5.92 Å². The number of ether oxygens (including phenoxy) is 2. The third-order valence-corrected chi connectivity index (χ3v) is 7.57. The lowest BCUT2D eigenvalue weighted by Gasteiger charge is -2.36. The molecule has 8 nitrogen and oxygen atoms in total. The average molecular weight is 452 g/mol. The molecule has 2 heterocycles. The van der Waals surface area contributed by atoms with Crippen LogP contribution in [0.2, 0.25) is 0 Å². The van der Waals surface area contributed by atoms with Gasteiger partial charge in [-0.3, -0.25) is 10.0 Å². The molecule has 2 aliphatic heterocycles. The van der Waals surface area contributed by atoms with Gasteiger partial charge in [-0.25, -0.2) is 18.2 Å². The van der Waals surface area contributed by atoms with E-state index in [1.807, 2.05) is 0 Å². The molecule has 2 atom stereocenters. The molecule has 12 heteroatoms. The fourth-order valence-corrected chi connectivity index (χ4v) is 5.49. The van der Waals surface area contributed by atoms with Gasteiger partial charge in [0.2, 0.25) is 15.9 Å². The van der Waals surface area contributed by atoms with Gasteiger partial charge in [0.05, 0.1) is 29.9 Å². The molecule has 2 N–H and O–H groups in total. The van der Waals surface area contributed by atoms with Gasteiger partial charge < -0.3 is 9.47 Å². The maximum atomic E-state index is 12.9. The number of halogens is 3. The summed E-state index contributed by atoms with van der Waals surface area (Å²) in [6.07, 6.45) is -3.92. The molecule has 168 valence electrons. The van der Waals surface area contributed by atoms with Crippen LogP contribution in [-0.2, 0) is 25.7 Å².